The Morgan fingerprint density at radius 1 is 1.62 bits per heavy atom. The minimum absolute atomic E-state index is 0.0828. The minimum Gasteiger partial charge on any atom is -0.374 e. The van der Waals surface area contributed by atoms with Crippen molar-refractivity contribution >= 4 is 0 Å². The normalized spacial score (nSPS) is 28.7. The number of hydrogen-bond acceptors (Lipinski definition) is 2. The van der Waals surface area contributed by atoms with E-state index in [2.05, 4.69) is 18.8 Å². The molecule has 0 aliphatic carbocycles. The molecule has 1 N–H and O–H groups in total. The van der Waals surface area contributed by atoms with Gasteiger partial charge in [-0.05, 0) is 39.2 Å². The lowest BCUT2D eigenvalue weighted by Gasteiger charge is -2.34. The number of piperidine rings is 1. The molecule has 0 spiro atoms. The molecule has 0 aromatic carbocycles. The Kier molecular flexibility index (Phi) is 4.46. The predicted molar refractivity (Wildman–Crippen MR) is 55.9 cm³/mol. The van der Waals surface area contributed by atoms with Crippen LogP contribution < -0.4 is 5.32 Å². The summed E-state index contributed by atoms with van der Waals surface area (Å²) in [6.45, 7) is 8.91. The lowest BCUT2D eigenvalue weighted by atomic mass is 9.96. The molecule has 2 nitrogen and oxygen atoms in total. The van der Waals surface area contributed by atoms with E-state index in [1.54, 1.807) is 0 Å². The van der Waals surface area contributed by atoms with Crippen LogP contribution >= 0.6 is 0 Å². The summed E-state index contributed by atoms with van der Waals surface area (Å²) in [6.07, 6.45) is 6.53. The van der Waals surface area contributed by atoms with Gasteiger partial charge in [0.15, 0.2) is 0 Å². The SMILES string of the molecule is C=CCCCOC1(C)CCCNC1. The summed E-state index contributed by atoms with van der Waals surface area (Å²) < 4.78 is 5.86. The van der Waals surface area contributed by atoms with Crippen molar-refractivity contribution in [1.82, 2.24) is 5.32 Å². The highest BCUT2D eigenvalue weighted by Gasteiger charge is 2.26. The van der Waals surface area contributed by atoms with Crippen LogP contribution in [0.3, 0.4) is 0 Å². The van der Waals surface area contributed by atoms with E-state index in [1.807, 2.05) is 6.08 Å². The maximum atomic E-state index is 5.86. The summed E-state index contributed by atoms with van der Waals surface area (Å²) >= 11 is 0. The second-order valence-corrected chi connectivity index (χ2v) is 4.01. The molecule has 1 atom stereocenters. The van der Waals surface area contributed by atoms with E-state index in [0.717, 1.165) is 32.5 Å². The topological polar surface area (TPSA) is 21.3 Å². The van der Waals surface area contributed by atoms with E-state index in [9.17, 15) is 0 Å². The third-order valence-electron chi connectivity index (χ3n) is 2.56. The van der Waals surface area contributed by atoms with Gasteiger partial charge in [0.25, 0.3) is 0 Å². The first-order valence-electron chi connectivity index (χ1n) is 5.22. The van der Waals surface area contributed by atoms with Crippen molar-refractivity contribution in [2.45, 2.75) is 38.2 Å². The van der Waals surface area contributed by atoms with Gasteiger partial charge in [-0.15, -0.1) is 6.58 Å². The quantitative estimate of drug-likeness (QED) is 0.520. The highest BCUT2D eigenvalue weighted by Crippen LogP contribution is 2.20. The molecule has 1 aliphatic rings. The number of nitrogens with one attached hydrogen (secondary N) is 1. The molecule has 1 saturated heterocycles. The van der Waals surface area contributed by atoms with Crippen LogP contribution in [0.25, 0.3) is 0 Å². The first-order chi connectivity index (χ1) is 6.27. The highest BCUT2D eigenvalue weighted by molar-refractivity contribution is 4.82. The Labute approximate surface area is 81.4 Å². The Morgan fingerprint density at radius 3 is 3.08 bits per heavy atom. The molecule has 0 aromatic rings. The second kappa shape index (κ2) is 5.40. The zero-order valence-corrected chi connectivity index (χ0v) is 8.64. The van der Waals surface area contributed by atoms with Gasteiger partial charge in [0.05, 0.1) is 5.60 Å². The van der Waals surface area contributed by atoms with Crippen molar-refractivity contribution in [1.29, 1.82) is 0 Å². The first kappa shape index (κ1) is 10.7. The molecular formula is C11H21NO. The van der Waals surface area contributed by atoms with Gasteiger partial charge in [-0.3, -0.25) is 0 Å². The number of ether oxygens (including phenoxy) is 1. The first-order valence-corrected chi connectivity index (χ1v) is 5.22. The lowest BCUT2D eigenvalue weighted by Crippen LogP contribution is -2.45. The van der Waals surface area contributed by atoms with Crippen molar-refractivity contribution in [2.75, 3.05) is 19.7 Å². The molecule has 2 heteroatoms. The van der Waals surface area contributed by atoms with Crippen LogP contribution in [-0.4, -0.2) is 25.3 Å². The molecule has 0 aromatic heterocycles. The standard InChI is InChI=1S/C11H21NO/c1-3-4-5-9-13-11(2)7-6-8-12-10-11/h3,12H,1,4-10H2,2H3. The lowest BCUT2D eigenvalue weighted by molar-refractivity contribution is -0.0470. The van der Waals surface area contributed by atoms with E-state index in [4.69, 9.17) is 4.74 Å². The number of allylic oxidation sites excluding steroid dienone is 1. The smallest absolute Gasteiger partial charge is 0.0778 e. The zero-order valence-electron chi connectivity index (χ0n) is 8.64. The second-order valence-electron chi connectivity index (χ2n) is 4.01. The maximum Gasteiger partial charge on any atom is 0.0778 e. The summed E-state index contributed by atoms with van der Waals surface area (Å²) in [7, 11) is 0. The molecule has 76 valence electrons. The molecule has 1 rings (SSSR count). The van der Waals surface area contributed by atoms with Crippen LogP contribution in [0.5, 0.6) is 0 Å². The number of hydrogen-bond donors (Lipinski definition) is 1. The van der Waals surface area contributed by atoms with Crippen molar-refractivity contribution < 1.29 is 4.74 Å². The molecule has 1 aliphatic heterocycles. The van der Waals surface area contributed by atoms with Crippen LogP contribution in [0.2, 0.25) is 0 Å². The average molecular weight is 183 g/mol. The fourth-order valence-electron chi connectivity index (χ4n) is 1.70. The molecule has 0 radical (unpaired) electrons. The van der Waals surface area contributed by atoms with E-state index < -0.39 is 0 Å². The van der Waals surface area contributed by atoms with E-state index in [0.29, 0.717) is 0 Å². The van der Waals surface area contributed by atoms with Crippen molar-refractivity contribution in [3.8, 4) is 0 Å². The highest BCUT2D eigenvalue weighted by atomic mass is 16.5. The minimum atomic E-state index is 0.0828. The Balaban J connectivity index is 2.13. The molecule has 0 amide bonds. The van der Waals surface area contributed by atoms with Gasteiger partial charge in [0.1, 0.15) is 0 Å². The van der Waals surface area contributed by atoms with E-state index in [1.165, 1.54) is 12.8 Å². The maximum absolute atomic E-state index is 5.86. The van der Waals surface area contributed by atoms with Crippen LogP contribution in [0.4, 0.5) is 0 Å². The van der Waals surface area contributed by atoms with Crippen molar-refractivity contribution in [3.63, 3.8) is 0 Å². The van der Waals surface area contributed by atoms with Gasteiger partial charge < -0.3 is 10.1 Å². The van der Waals surface area contributed by atoms with Gasteiger partial charge in [0, 0.05) is 13.2 Å². The van der Waals surface area contributed by atoms with E-state index >= 15 is 0 Å². The summed E-state index contributed by atoms with van der Waals surface area (Å²) in [5.41, 5.74) is 0.0828. The summed E-state index contributed by atoms with van der Waals surface area (Å²) in [5, 5.41) is 3.37. The van der Waals surface area contributed by atoms with Crippen LogP contribution in [0.1, 0.15) is 32.6 Å². The predicted octanol–water partition coefficient (Wildman–Crippen LogP) is 2.11. The molecule has 1 heterocycles. The Morgan fingerprint density at radius 2 is 2.46 bits per heavy atom. The number of rotatable bonds is 5. The summed E-state index contributed by atoms with van der Waals surface area (Å²) in [5.74, 6) is 0. The van der Waals surface area contributed by atoms with Crippen molar-refractivity contribution in [2.24, 2.45) is 0 Å². The van der Waals surface area contributed by atoms with Gasteiger partial charge in [-0.25, -0.2) is 0 Å². The molecule has 1 unspecified atom stereocenters. The van der Waals surface area contributed by atoms with Crippen LogP contribution in [0, 0.1) is 0 Å². The summed E-state index contributed by atoms with van der Waals surface area (Å²) in [6, 6.07) is 0. The van der Waals surface area contributed by atoms with Gasteiger partial charge in [-0.2, -0.15) is 0 Å². The number of unbranched alkanes of at least 4 members (excludes halogenated alkanes) is 1. The van der Waals surface area contributed by atoms with Gasteiger partial charge in [-0.1, -0.05) is 6.08 Å². The Hall–Kier alpha value is -0.340. The van der Waals surface area contributed by atoms with Crippen LogP contribution in [0.15, 0.2) is 12.7 Å². The van der Waals surface area contributed by atoms with Gasteiger partial charge >= 0.3 is 0 Å². The van der Waals surface area contributed by atoms with E-state index in [-0.39, 0.29) is 5.60 Å². The monoisotopic (exact) mass is 183 g/mol. The zero-order chi connectivity index (χ0) is 9.57. The molecule has 0 saturated carbocycles. The third kappa shape index (κ3) is 3.92. The summed E-state index contributed by atoms with van der Waals surface area (Å²) in [4.78, 5) is 0. The fraction of sp³-hybridized carbons (Fsp3) is 0.818. The Bertz CT molecular complexity index is 150. The molecule has 13 heavy (non-hydrogen) atoms. The van der Waals surface area contributed by atoms with Gasteiger partial charge in [0.2, 0.25) is 0 Å². The van der Waals surface area contributed by atoms with Crippen molar-refractivity contribution in [3.05, 3.63) is 12.7 Å². The third-order valence-corrected chi connectivity index (χ3v) is 2.56. The fourth-order valence-corrected chi connectivity index (χ4v) is 1.70. The molecule has 0 bridgehead atoms. The average Bonchev–Trinajstić information content (AvgIpc) is 2.14. The van der Waals surface area contributed by atoms with Crippen LogP contribution in [-0.2, 0) is 4.74 Å². The molecule has 1 fully saturated rings. The molecular weight excluding hydrogens is 162 g/mol. The largest absolute Gasteiger partial charge is 0.374 e.